The van der Waals surface area contributed by atoms with E-state index >= 15 is 0 Å². The normalized spacial score (nSPS) is 24.1. The summed E-state index contributed by atoms with van der Waals surface area (Å²) < 4.78 is 30.0. The number of alkyl halides is 1. The van der Waals surface area contributed by atoms with E-state index in [0.29, 0.717) is 5.56 Å². The third-order valence-electron chi connectivity index (χ3n) is 4.16. The molecule has 0 aliphatic carbocycles. The molecule has 1 heterocycles. The minimum Gasteiger partial charge on any atom is -0.458 e. The van der Waals surface area contributed by atoms with Gasteiger partial charge in [0.1, 0.15) is 6.61 Å². The third kappa shape index (κ3) is 3.97. The van der Waals surface area contributed by atoms with E-state index in [9.17, 15) is 18.8 Å². The van der Waals surface area contributed by atoms with Crippen molar-refractivity contribution in [1.82, 2.24) is 0 Å². The fraction of sp³-hybridized carbons (Fsp3) is 0.250. The Morgan fingerprint density at radius 1 is 1.00 bits per heavy atom. The summed E-state index contributed by atoms with van der Waals surface area (Å²) in [4.78, 5) is 36.1. The van der Waals surface area contributed by atoms with Gasteiger partial charge in [-0.1, -0.05) is 36.4 Å². The molecule has 1 fully saturated rings. The zero-order valence-corrected chi connectivity index (χ0v) is 14.5. The first-order valence-electron chi connectivity index (χ1n) is 8.28. The Bertz CT molecular complexity index is 834. The van der Waals surface area contributed by atoms with Crippen LogP contribution in [0.25, 0.3) is 0 Å². The second-order valence-electron chi connectivity index (χ2n) is 6.18. The van der Waals surface area contributed by atoms with Crippen LogP contribution in [0.1, 0.15) is 27.6 Å². The molecule has 0 spiro atoms. The molecule has 27 heavy (non-hydrogen) atoms. The molecule has 140 valence electrons. The van der Waals surface area contributed by atoms with Gasteiger partial charge in [-0.3, -0.25) is 0 Å². The molecule has 0 N–H and O–H groups in total. The Hall–Kier alpha value is -3.22. The third-order valence-corrected chi connectivity index (χ3v) is 4.16. The summed E-state index contributed by atoms with van der Waals surface area (Å²) in [7, 11) is 0. The van der Waals surface area contributed by atoms with Crippen molar-refractivity contribution >= 4 is 17.9 Å². The topological polar surface area (TPSA) is 78.9 Å². The Morgan fingerprint density at radius 3 is 2.07 bits per heavy atom. The molecule has 0 bridgehead atoms. The van der Waals surface area contributed by atoms with Gasteiger partial charge in [0.25, 0.3) is 0 Å². The lowest BCUT2D eigenvalue weighted by Gasteiger charge is -2.22. The summed E-state index contributed by atoms with van der Waals surface area (Å²) in [6.07, 6.45) is -2.78. The average molecular weight is 372 g/mol. The lowest BCUT2D eigenvalue weighted by molar-refractivity contribution is -0.150. The molecule has 6 nitrogen and oxygen atoms in total. The monoisotopic (exact) mass is 372 g/mol. The van der Waals surface area contributed by atoms with Gasteiger partial charge in [0.05, 0.1) is 11.1 Å². The molecular weight excluding hydrogens is 355 g/mol. The van der Waals surface area contributed by atoms with Crippen LogP contribution in [0.15, 0.2) is 60.7 Å². The van der Waals surface area contributed by atoms with E-state index in [4.69, 9.17) is 14.2 Å². The first-order valence-corrected chi connectivity index (χ1v) is 8.28. The number of benzene rings is 2. The van der Waals surface area contributed by atoms with E-state index in [2.05, 4.69) is 0 Å². The molecule has 0 saturated carbocycles. The van der Waals surface area contributed by atoms with Crippen LogP contribution in [0.5, 0.6) is 0 Å². The van der Waals surface area contributed by atoms with Crippen LogP contribution in [0.3, 0.4) is 0 Å². The average Bonchev–Trinajstić information content (AvgIpc) is 2.90. The predicted molar refractivity (Wildman–Crippen MR) is 91.8 cm³/mol. The van der Waals surface area contributed by atoms with Gasteiger partial charge in [0.15, 0.2) is 12.2 Å². The highest BCUT2D eigenvalue weighted by Crippen LogP contribution is 2.33. The van der Waals surface area contributed by atoms with Crippen molar-refractivity contribution in [3.05, 3.63) is 71.8 Å². The van der Waals surface area contributed by atoms with Crippen LogP contribution >= 0.6 is 0 Å². The van der Waals surface area contributed by atoms with Crippen molar-refractivity contribution in [2.45, 2.75) is 24.8 Å². The number of rotatable bonds is 5. The van der Waals surface area contributed by atoms with Gasteiger partial charge in [-0.15, -0.1) is 0 Å². The molecule has 1 saturated heterocycles. The summed E-state index contributed by atoms with van der Waals surface area (Å²) in [6, 6.07) is 16.1. The number of cyclic esters (lactones) is 1. The molecule has 2 aromatic carbocycles. The van der Waals surface area contributed by atoms with Crippen molar-refractivity contribution in [2.24, 2.45) is 0 Å². The number of carbonyl (C=O) groups is 3. The zero-order chi connectivity index (χ0) is 19.4. The fourth-order valence-corrected chi connectivity index (χ4v) is 2.66. The highest BCUT2D eigenvalue weighted by atomic mass is 19.1. The summed E-state index contributed by atoms with van der Waals surface area (Å²) in [6.45, 7) is 0.531. The number of carbonyl (C=O) groups excluding carboxylic acids is 3. The van der Waals surface area contributed by atoms with Crippen molar-refractivity contribution in [3.63, 3.8) is 0 Å². The van der Waals surface area contributed by atoms with Gasteiger partial charge in [-0.2, -0.15) is 0 Å². The molecule has 0 radical (unpaired) electrons. The van der Waals surface area contributed by atoms with Gasteiger partial charge in [-0.25, -0.2) is 18.8 Å². The number of esters is 3. The van der Waals surface area contributed by atoms with E-state index in [1.54, 1.807) is 48.5 Å². The Labute approximate surface area is 154 Å². The maximum absolute atomic E-state index is 14.8. The second-order valence-corrected chi connectivity index (χ2v) is 6.18. The molecule has 2 aromatic rings. The quantitative estimate of drug-likeness (QED) is 0.593. The van der Waals surface area contributed by atoms with Gasteiger partial charge in [0, 0.05) is 0 Å². The van der Waals surface area contributed by atoms with Crippen LogP contribution in [-0.4, -0.2) is 42.4 Å². The second kappa shape index (κ2) is 7.57. The largest absolute Gasteiger partial charge is 0.458 e. The predicted octanol–water partition coefficient (Wildman–Crippen LogP) is 2.72. The highest BCUT2D eigenvalue weighted by molar-refractivity contribution is 5.91. The van der Waals surface area contributed by atoms with E-state index < -0.39 is 42.4 Å². The Kier molecular flexibility index (Phi) is 5.21. The van der Waals surface area contributed by atoms with Crippen molar-refractivity contribution in [3.8, 4) is 0 Å². The summed E-state index contributed by atoms with van der Waals surface area (Å²) in [5.74, 6) is -2.64. The highest BCUT2D eigenvalue weighted by Gasteiger charge is 2.58. The van der Waals surface area contributed by atoms with E-state index in [1.165, 1.54) is 12.1 Å². The molecular formula is C20H17FO6. The maximum atomic E-state index is 14.8. The van der Waals surface area contributed by atoms with Gasteiger partial charge < -0.3 is 14.2 Å². The molecule has 1 aliphatic rings. The van der Waals surface area contributed by atoms with Crippen LogP contribution in [0, 0.1) is 0 Å². The first-order chi connectivity index (χ1) is 12.9. The van der Waals surface area contributed by atoms with Crippen LogP contribution in [0.2, 0.25) is 0 Å². The lowest BCUT2D eigenvalue weighted by atomic mass is 10.00. The molecule has 1 aliphatic heterocycles. The first kappa shape index (κ1) is 18.6. The molecule has 0 aromatic heterocycles. The van der Waals surface area contributed by atoms with Gasteiger partial charge >= 0.3 is 17.9 Å². The van der Waals surface area contributed by atoms with Crippen molar-refractivity contribution in [1.29, 1.82) is 0 Å². The van der Waals surface area contributed by atoms with E-state index in [0.717, 1.165) is 6.92 Å². The molecule has 3 atom stereocenters. The van der Waals surface area contributed by atoms with Crippen LogP contribution < -0.4 is 0 Å². The van der Waals surface area contributed by atoms with E-state index in [1.807, 2.05) is 0 Å². The number of hydrogen-bond donors (Lipinski definition) is 0. The molecule has 0 amide bonds. The smallest absolute Gasteiger partial charge is 0.348 e. The summed E-state index contributed by atoms with van der Waals surface area (Å²) in [5, 5.41) is 0. The fourth-order valence-electron chi connectivity index (χ4n) is 2.66. The number of halogens is 1. The van der Waals surface area contributed by atoms with Crippen molar-refractivity contribution < 1.29 is 33.0 Å². The van der Waals surface area contributed by atoms with Crippen LogP contribution in [-0.2, 0) is 19.0 Å². The Morgan fingerprint density at radius 2 is 1.52 bits per heavy atom. The van der Waals surface area contributed by atoms with Gasteiger partial charge in [-0.05, 0) is 31.2 Å². The molecule has 0 unspecified atom stereocenters. The van der Waals surface area contributed by atoms with E-state index in [-0.39, 0.29) is 5.56 Å². The number of hydrogen-bond acceptors (Lipinski definition) is 6. The minimum absolute atomic E-state index is 0.202. The SMILES string of the molecule is C[C@]1(F)C(=O)O[C@@H](COC(=O)c2ccccc2)[C@@H]1OC(=O)c1ccccc1. The minimum atomic E-state index is -2.55. The molecule has 7 heteroatoms. The Balaban J connectivity index is 1.70. The van der Waals surface area contributed by atoms with Crippen LogP contribution in [0.4, 0.5) is 4.39 Å². The van der Waals surface area contributed by atoms with Gasteiger partial charge in [0.2, 0.25) is 5.67 Å². The zero-order valence-electron chi connectivity index (χ0n) is 14.5. The summed E-state index contributed by atoms with van der Waals surface area (Å²) >= 11 is 0. The standard InChI is InChI=1S/C20H17FO6/c1-20(21)16(27-18(23)14-10-6-3-7-11-14)15(26-19(20)24)12-25-17(22)13-8-4-2-5-9-13/h2-11,15-16H,12H2,1H3/t15-,16-,20+/m0/s1. The van der Waals surface area contributed by atoms with Crippen molar-refractivity contribution in [2.75, 3.05) is 6.61 Å². The maximum Gasteiger partial charge on any atom is 0.348 e. The lowest BCUT2D eigenvalue weighted by Crippen LogP contribution is -2.44. The molecule has 3 rings (SSSR count). The summed E-state index contributed by atoms with van der Waals surface area (Å²) in [5.41, 5.74) is -2.05. The number of ether oxygens (including phenoxy) is 3.